The molecule has 4 radical (unpaired) electrons. The lowest BCUT2D eigenvalue weighted by molar-refractivity contribution is -0.0490. The average Bonchev–Trinajstić information content (AvgIpc) is 3.13. The molecule has 3 heterocycles. The molecule has 5 unspecified atom stereocenters. The maximum absolute atomic E-state index is 12.5. The molecule has 20 heteroatoms. The van der Waals surface area contributed by atoms with Crippen LogP contribution in [0.5, 0.6) is 0 Å². The van der Waals surface area contributed by atoms with Crippen molar-refractivity contribution in [1.82, 2.24) is 0 Å². The number of aliphatic hydroxyl groups is 1. The minimum absolute atomic E-state index is 0.613. The van der Waals surface area contributed by atoms with Crippen LogP contribution >= 0.6 is 23.5 Å². The van der Waals surface area contributed by atoms with E-state index in [4.69, 9.17) is 54.2 Å². The van der Waals surface area contributed by atoms with Gasteiger partial charge in [-0.2, -0.15) is 0 Å². The first-order valence-corrected chi connectivity index (χ1v) is 13.6. The predicted molar refractivity (Wildman–Crippen MR) is 106 cm³/mol. The summed E-state index contributed by atoms with van der Waals surface area (Å²) in [6, 6.07) is -2.92. The third-order valence-electron chi connectivity index (χ3n) is 4.60. The van der Waals surface area contributed by atoms with E-state index in [9.17, 15) is 33.5 Å². The van der Waals surface area contributed by atoms with Crippen LogP contribution in [-0.4, -0.2) is 104 Å². The molecule has 3 fully saturated rings. The third-order valence-corrected chi connectivity index (χ3v) is 7.53. The average molecular weight is 530 g/mol. The van der Waals surface area contributed by atoms with E-state index in [-0.39, 0.29) is 0 Å². The highest BCUT2D eigenvalue weighted by Crippen LogP contribution is 2.54. The number of rotatable bonds is 4. The quantitative estimate of drug-likeness (QED) is 0.182. The molecule has 182 valence electrons. The van der Waals surface area contributed by atoms with Crippen LogP contribution in [0.2, 0.25) is 0 Å². The molecule has 0 aromatic carbocycles. The Bertz CT molecular complexity index is 899. The molecule has 15 nitrogen and oxygen atoms in total. The highest BCUT2D eigenvalue weighted by atomic mass is 31.2. The van der Waals surface area contributed by atoms with Crippen molar-refractivity contribution < 1.29 is 70.1 Å². The van der Waals surface area contributed by atoms with E-state index in [0.717, 1.165) is 0 Å². The first-order valence-electron chi connectivity index (χ1n) is 9.14. The van der Waals surface area contributed by atoms with Gasteiger partial charge in [-0.1, -0.05) is 5.92 Å². The van der Waals surface area contributed by atoms with Crippen molar-refractivity contribution in [1.29, 1.82) is 0 Å². The van der Waals surface area contributed by atoms with Crippen LogP contribution in [0.1, 0.15) is 0 Å². The molecule has 33 heavy (non-hydrogen) atoms. The van der Waals surface area contributed by atoms with Gasteiger partial charge in [-0.15, -0.1) is 6.42 Å². The lowest BCUT2D eigenvalue weighted by Gasteiger charge is -2.29. The van der Waals surface area contributed by atoms with Crippen LogP contribution in [0, 0.1) is 12.3 Å². The van der Waals surface area contributed by atoms with E-state index < -0.39 is 91.9 Å². The first kappa shape index (κ1) is 27.5. The van der Waals surface area contributed by atoms with Crippen molar-refractivity contribution in [2.45, 2.75) is 48.6 Å². The molecular formula is C13H19B2O15P3. The normalized spacial score (nSPS) is 48.5. The fourth-order valence-corrected chi connectivity index (χ4v) is 5.94. The van der Waals surface area contributed by atoms with Crippen molar-refractivity contribution in [2.75, 3.05) is 19.8 Å². The number of terminal acetylenes is 1. The van der Waals surface area contributed by atoms with E-state index in [1.807, 2.05) is 5.92 Å². The number of hydrogen-bond donors (Lipinski definition) is 4. The largest absolute Gasteiger partial charge is 0.473 e. The summed E-state index contributed by atoms with van der Waals surface area (Å²) in [5.74, 6) is 1.95. The maximum atomic E-state index is 12.5. The van der Waals surface area contributed by atoms with Gasteiger partial charge in [0.15, 0.2) is 0 Å². The molecule has 3 aliphatic rings. The van der Waals surface area contributed by atoms with E-state index in [2.05, 4.69) is 4.52 Å². The van der Waals surface area contributed by atoms with Gasteiger partial charge in [-0.05, 0) is 0 Å². The molecule has 0 aromatic heterocycles. The van der Waals surface area contributed by atoms with Crippen LogP contribution in [-0.2, 0) is 50.3 Å². The molecule has 0 bridgehead atoms. The molecule has 11 atom stereocenters. The van der Waals surface area contributed by atoms with Gasteiger partial charge in [0.25, 0.3) is 0 Å². The summed E-state index contributed by atoms with van der Waals surface area (Å²) in [4.78, 5) is 29.9. The van der Waals surface area contributed by atoms with Crippen molar-refractivity contribution >= 4 is 39.2 Å². The van der Waals surface area contributed by atoms with Crippen molar-refractivity contribution in [3.8, 4) is 12.3 Å². The monoisotopic (exact) mass is 530 g/mol. The second-order valence-electron chi connectivity index (χ2n) is 6.95. The summed E-state index contributed by atoms with van der Waals surface area (Å²) in [6.45, 7) is -2.24. The molecule has 0 aromatic rings. The van der Waals surface area contributed by atoms with Gasteiger partial charge in [0.2, 0.25) is 0 Å². The minimum Gasteiger partial charge on any atom is -0.388 e. The SMILES string of the molecule is [B][C@@H]1O[C@@H]2COP(=O)(O)OC3[C@@H](COP(=O)(O)O[C@@H]2C1O)O[C@@H]([B])[C@H]3OP(=O)(O)OCC#C. The van der Waals surface area contributed by atoms with Gasteiger partial charge in [-0.3, -0.25) is 27.1 Å². The summed E-state index contributed by atoms with van der Waals surface area (Å²) in [7, 11) is -3.47. The van der Waals surface area contributed by atoms with Crippen LogP contribution in [0.15, 0.2) is 0 Å². The number of phosphoric acid groups is 3. The highest BCUT2D eigenvalue weighted by molar-refractivity contribution is 7.48. The Balaban J connectivity index is 1.85. The molecule has 3 rings (SSSR count). The van der Waals surface area contributed by atoms with Crippen LogP contribution in [0.25, 0.3) is 0 Å². The standard InChI is InChI=1S/C13H19B2O15P3/c1-2-3-23-31(17,18)30-11-10-7(27-13(11)15)5-25-32(19,20)28-9-6(26-12(14)8(9)16)4-24-33(21,22)29-10/h1,6-13,16H,3-5H2,(H,17,18)(H,19,20)(H,21,22)/t6-,7-,8?,9+,10?,11+,12-,13-/m1/s1. The summed E-state index contributed by atoms with van der Waals surface area (Å²) >= 11 is 0. The fourth-order valence-electron chi connectivity index (χ4n) is 3.18. The first-order chi connectivity index (χ1) is 15.2. The number of hydrogen-bond acceptors (Lipinski definition) is 12. The van der Waals surface area contributed by atoms with Crippen LogP contribution in [0.4, 0.5) is 0 Å². The number of ether oxygens (including phenoxy) is 2. The Hall–Kier alpha value is -0.100. The molecule has 3 saturated heterocycles. The van der Waals surface area contributed by atoms with Gasteiger partial charge >= 0.3 is 23.5 Å². The topological polar surface area (TPSA) is 206 Å². The Morgan fingerprint density at radius 3 is 2.12 bits per heavy atom. The molecule has 0 amide bonds. The minimum atomic E-state index is -4.99. The third kappa shape index (κ3) is 6.98. The Kier molecular flexibility index (Phi) is 8.73. The lowest BCUT2D eigenvalue weighted by Crippen LogP contribution is -2.40. The Morgan fingerprint density at radius 1 is 1.03 bits per heavy atom. The smallest absolute Gasteiger partial charge is 0.388 e. The van der Waals surface area contributed by atoms with Gasteiger partial charge in [-0.25, -0.2) is 13.7 Å². The Labute approximate surface area is 190 Å². The van der Waals surface area contributed by atoms with Gasteiger partial charge < -0.3 is 29.3 Å². The molecule has 3 aliphatic heterocycles. The fraction of sp³-hybridized carbons (Fsp3) is 0.846. The summed E-state index contributed by atoms with van der Waals surface area (Å²) in [5, 5.41) is 10.0. The number of phosphoric ester groups is 3. The van der Waals surface area contributed by atoms with E-state index in [1.54, 1.807) is 0 Å². The lowest BCUT2D eigenvalue weighted by atomic mass is 9.93. The van der Waals surface area contributed by atoms with Crippen molar-refractivity contribution in [3.63, 3.8) is 0 Å². The predicted octanol–water partition coefficient (Wildman–Crippen LogP) is -1.71. The number of aliphatic hydroxyl groups excluding tert-OH is 1. The molecule has 0 aliphatic carbocycles. The molecule has 0 saturated carbocycles. The summed E-state index contributed by atoms with van der Waals surface area (Å²) in [6.07, 6.45) is -4.54. The van der Waals surface area contributed by atoms with E-state index in [0.29, 0.717) is 0 Å². The zero-order chi connectivity index (χ0) is 24.6. The van der Waals surface area contributed by atoms with Crippen molar-refractivity contribution in [3.05, 3.63) is 0 Å². The zero-order valence-corrected chi connectivity index (χ0v) is 19.3. The maximum Gasteiger partial charge on any atom is 0.473 e. The van der Waals surface area contributed by atoms with Gasteiger partial charge in [0.1, 0.15) is 58.9 Å². The second-order valence-corrected chi connectivity index (χ2v) is 11.2. The van der Waals surface area contributed by atoms with Crippen molar-refractivity contribution in [2.24, 2.45) is 0 Å². The molecular weight excluding hydrogens is 511 g/mol. The number of fused-ring (bicyclic) bond motifs is 2. The molecule has 0 spiro atoms. The van der Waals surface area contributed by atoms with Gasteiger partial charge in [0.05, 0.1) is 13.2 Å². The summed E-state index contributed by atoms with van der Waals surface area (Å²) in [5.41, 5.74) is 0. The highest BCUT2D eigenvalue weighted by Gasteiger charge is 2.53. The van der Waals surface area contributed by atoms with Crippen LogP contribution < -0.4 is 0 Å². The van der Waals surface area contributed by atoms with E-state index in [1.165, 1.54) is 0 Å². The van der Waals surface area contributed by atoms with Crippen LogP contribution in [0.3, 0.4) is 0 Å². The van der Waals surface area contributed by atoms with Gasteiger partial charge in [0, 0.05) is 12.0 Å². The van der Waals surface area contributed by atoms with E-state index >= 15 is 0 Å². The zero-order valence-electron chi connectivity index (χ0n) is 16.6. The summed E-state index contributed by atoms with van der Waals surface area (Å²) < 4.78 is 76.3. The Morgan fingerprint density at radius 2 is 1.55 bits per heavy atom. The second kappa shape index (κ2) is 10.5. The molecule has 4 N–H and O–H groups in total.